The van der Waals surface area contributed by atoms with Crippen molar-refractivity contribution in [1.82, 2.24) is 20.0 Å². The van der Waals surface area contributed by atoms with Crippen molar-refractivity contribution in [3.63, 3.8) is 0 Å². The number of nitrogens with zero attached hydrogens (tertiary/aromatic N) is 4. The summed E-state index contributed by atoms with van der Waals surface area (Å²) in [6.45, 7) is 7.10. The maximum Gasteiger partial charge on any atom is 0.244 e. The third-order valence-electron chi connectivity index (χ3n) is 3.76. The SMILES string of the molecule is Cc1noc([C@H]2C[C@H](O)CN2Cc2ncoc2C(C)C)n1. The number of aliphatic hydroxyl groups excluding tert-OH is 1. The van der Waals surface area contributed by atoms with Crippen LogP contribution >= 0.6 is 0 Å². The fourth-order valence-corrected chi connectivity index (χ4v) is 2.82. The Morgan fingerprint density at radius 3 is 2.95 bits per heavy atom. The largest absolute Gasteiger partial charge is 0.448 e. The van der Waals surface area contributed by atoms with E-state index in [9.17, 15) is 5.11 Å². The molecule has 3 rings (SSSR count). The van der Waals surface area contributed by atoms with E-state index in [-0.39, 0.29) is 12.0 Å². The first kappa shape index (κ1) is 14.2. The summed E-state index contributed by atoms with van der Waals surface area (Å²) in [5, 5.41) is 13.8. The first-order chi connectivity index (χ1) is 10.0. The molecule has 1 N–H and O–H groups in total. The predicted molar refractivity (Wildman–Crippen MR) is 73.4 cm³/mol. The van der Waals surface area contributed by atoms with E-state index in [0.717, 1.165) is 11.5 Å². The molecule has 2 aromatic heterocycles. The predicted octanol–water partition coefficient (Wildman–Crippen LogP) is 1.80. The molecule has 1 aliphatic rings. The Hall–Kier alpha value is -1.73. The van der Waals surface area contributed by atoms with Crippen LogP contribution in [0, 0.1) is 6.92 Å². The van der Waals surface area contributed by atoms with E-state index in [1.807, 2.05) is 0 Å². The zero-order valence-electron chi connectivity index (χ0n) is 12.5. The zero-order chi connectivity index (χ0) is 15.0. The van der Waals surface area contributed by atoms with E-state index in [0.29, 0.717) is 31.2 Å². The minimum Gasteiger partial charge on any atom is -0.448 e. The van der Waals surface area contributed by atoms with E-state index < -0.39 is 6.10 Å². The minimum atomic E-state index is -0.392. The van der Waals surface area contributed by atoms with Gasteiger partial charge in [0.2, 0.25) is 5.89 Å². The van der Waals surface area contributed by atoms with Crippen LogP contribution in [0.15, 0.2) is 15.3 Å². The van der Waals surface area contributed by atoms with Crippen LogP contribution < -0.4 is 0 Å². The Balaban J connectivity index is 1.81. The zero-order valence-corrected chi connectivity index (χ0v) is 12.5. The molecule has 1 fully saturated rings. The molecule has 3 heterocycles. The minimum absolute atomic E-state index is 0.0714. The van der Waals surface area contributed by atoms with Gasteiger partial charge in [0.15, 0.2) is 12.2 Å². The molecule has 0 unspecified atom stereocenters. The van der Waals surface area contributed by atoms with Gasteiger partial charge in [-0.3, -0.25) is 4.90 Å². The molecule has 7 heteroatoms. The van der Waals surface area contributed by atoms with Gasteiger partial charge in [-0.15, -0.1) is 0 Å². The highest BCUT2D eigenvalue weighted by molar-refractivity contribution is 5.12. The van der Waals surface area contributed by atoms with E-state index in [2.05, 4.69) is 33.9 Å². The fraction of sp³-hybridized carbons (Fsp3) is 0.643. The fourth-order valence-electron chi connectivity index (χ4n) is 2.82. The quantitative estimate of drug-likeness (QED) is 0.919. The number of likely N-dealkylation sites (tertiary alicyclic amines) is 1. The number of aliphatic hydroxyl groups is 1. The molecule has 7 nitrogen and oxygen atoms in total. The highest BCUT2D eigenvalue weighted by Gasteiger charge is 2.36. The van der Waals surface area contributed by atoms with Crippen molar-refractivity contribution in [3.8, 4) is 0 Å². The molecule has 21 heavy (non-hydrogen) atoms. The molecule has 0 radical (unpaired) electrons. The first-order valence-corrected chi connectivity index (χ1v) is 7.19. The van der Waals surface area contributed by atoms with Gasteiger partial charge >= 0.3 is 0 Å². The van der Waals surface area contributed by atoms with Gasteiger partial charge in [0.05, 0.1) is 17.8 Å². The van der Waals surface area contributed by atoms with E-state index >= 15 is 0 Å². The normalized spacial score (nSPS) is 23.3. The van der Waals surface area contributed by atoms with Crippen LogP contribution in [0.25, 0.3) is 0 Å². The molecule has 114 valence electrons. The second-order valence-corrected chi connectivity index (χ2v) is 5.83. The smallest absolute Gasteiger partial charge is 0.244 e. The molecule has 1 saturated heterocycles. The van der Waals surface area contributed by atoms with E-state index in [1.165, 1.54) is 6.39 Å². The molecule has 0 aliphatic carbocycles. The van der Waals surface area contributed by atoms with Crippen LogP contribution in [-0.2, 0) is 6.54 Å². The van der Waals surface area contributed by atoms with Gasteiger partial charge in [-0.05, 0) is 13.3 Å². The first-order valence-electron chi connectivity index (χ1n) is 7.19. The van der Waals surface area contributed by atoms with Crippen molar-refractivity contribution < 1.29 is 14.0 Å². The molecular formula is C14H20N4O3. The van der Waals surface area contributed by atoms with Gasteiger partial charge in [0.1, 0.15) is 5.76 Å². The summed E-state index contributed by atoms with van der Waals surface area (Å²) in [4.78, 5) is 10.7. The van der Waals surface area contributed by atoms with E-state index in [1.54, 1.807) is 6.92 Å². The molecular weight excluding hydrogens is 272 g/mol. The Bertz CT molecular complexity index is 607. The van der Waals surface area contributed by atoms with E-state index in [4.69, 9.17) is 8.94 Å². The van der Waals surface area contributed by atoms with Crippen molar-refractivity contribution >= 4 is 0 Å². The lowest BCUT2D eigenvalue weighted by molar-refractivity contribution is 0.168. The topological polar surface area (TPSA) is 88.4 Å². The Labute approximate surface area is 123 Å². The Kier molecular flexibility index (Phi) is 3.77. The van der Waals surface area contributed by atoms with Gasteiger partial charge in [0.25, 0.3) is 0 Å². The summed E-state index contributed by atoms with van der Waals surface area (Å²) in [5.41, 5.74) is 0.903. The monoisotopic (exact) mass is 292 g/mol. The van der Waals surface area contributed by atoms with Gasteiger partial charge in [-0.25, -0.2) is 4.98 Å². The second kappa shape index (κ2) is 5.57. The van der Waals surface area contributed by atoms with Gasteiger partial charge in [-0.1, -0.05) is 19.0 Å². The van der Waals surface area contributed by atoms with Crippen LogP contribution in [-0.4, -0.2) is 37.8 Å². The standard InChI is InChI=1S/C14H20N4O3/c1-8(2)13-11(15-7-20-13)6-18-5-10(19)4-12(18)14-16-9(3)17-21-14/h7-8,10,12,19H,4-6H2,1-3H3/t10-,12+/m0/s1. The van der Waals surface area contributed by atoms with Crippen molar-refractivity contribution in [2.45, 2.75) is 51.8 Å². The lowest BCUT2D eigenvalue weighted by atomic mass is 10.1. The van der Waals surface area contributed by atoms with Crippen LogP contribution in [0.4, 0.5) is 0 Å². The maximum atomic E-state index is 9.97. The summed E-state index contributed by atoms with van der Waals surface area (Å²) in [6.07, 6.45) is 1.68. The summed E-state index contributed by atoms with van der Waals surface area (Å²) < 4.78 is 10.7. The number of rotatable bonds is 4. The van der Waals surface area contributed by atoms with Crippen LogP contribution in [0.3, 0.4) is 0 Å². The second-order valence-electron chi connectivity index (χ2n) is 5.83. The number of hydrogen-bond donors (Lipinski definition) is 1. The van der Waals surface area contributed by atoms with Crippen LogP contribution in [0.2, 0.25) is 0 Å². The van der Waals surface area contributed by atoms with Crippen molar-refractivity contribution in [3.05, 3.63) is 29.6 Å². The summed E-state index contributed by atoms with van der Waals surface area (Å²) in [7, 11) is 0. The highest BCUT2D eigenvalue weighted by Crippen LogP contribution is 2.33. The van der Waals surface area contributed by atoms with Crippen molar-refractivity contribution in [2.24, 2.45) is 0 Å². The number of β-amino-alcohol motifs (C(OH)–C–C–N with tert-alkyl or cyclic N) is 1. The Morgan fingerprint density at radius 2 is 2.29 bits per heavy atom. The number of aryl methyl sites for hydroxylation is 1. The average molecular weight is 292 g/mol. The molecule has 1 aliphatic heterocycles. The van der Waals surface area contributed by atoms with Gasteiger partial charge in [0, 0.05) is 19.0 Å². The molecule has 0 bridgehead atoms. The average Bonchev–Trinajstić information content (AvgIpc) is 3.10. The summed E-state index contributed by atoms with van der Waals surface area (Å²) in [5.74, 6) is 2.32. The number of oxazole rings is 1. The number of hydrogen-bond acceptors (Lipinski definition) is 7. The molecule has 0 spiro atoms. The molecule has 2 atom stereocenters. The lowest BCUT2D eigenvalue weighted by Gasteiger charge is -2.20. The highest BCUT2D eigenvalue weighted by atomic mass is 16.5. The van der Waals surface area contributed by atoms with Crippen molar-refractivity contribution in [2.75, 3.05) is 6.54 Å². The number of aromatic nitrogens is 3. The lowest BCUT2D eigenvalue weighted by Crippen LogP contribution is -2.25. The third kappa shape index (κ3) is 2.84. The van der Waals surface area contributed by atoms with Crippen LogP contribution in [0.5, 0.6) is 0 Å². The summed E-state index contributed by atoms with van der Waals surface area (Å²) >= 11 is 0. The molecule has 0 aromatic carbocycles. The maximum absolute atomic E-state index is 9.97. The third-order valence-corrected chi connectivity index (χ3v) is 3.76. The molecule has 0 saturated carbocycles. The Morgan fingerprint density at radius 1 is 1.48 bits per heavy atom. The van der Waals surface area contributed by atoms with Gasteiger partial charge < -0.3 is 14.0 Å². The van der Waals surface area contributed by atoms with Crippen molar-refractivity contribution in [1.29, 1.82) is 0 Å². The molecule has 0 amide bonds. The molecule has 2 aromatic rings. The van der Waals surface area contributed by atoms with Crippen LogP contribution in [0.1, 0.15) is 55.4 Å². The summed E-state index contributed by atoms with van der Waals surface area (Å²) in [6, 6.07) is -0.0714. The van der Waals surface area contributed by atoms with Gasteiger partial charge in [-0.2, -0.15) is 4.98 Å².